The first kappa shape index (κ1) is 29.3. The van der Waals surface area contributed by atoms with E-state index in [1.807, 2.05) is 0 Å². The highest BCUT2D eigenvalue weighted by molar-refractivity contribution is 6.48. The van der Waals surface area contributed by atoms with Crippen LogP contribution in [-0.4, -0.2) is 30.6 Å². The van der Waals surface area contributed by atoms with Gasteiger partial charge in [-0.05, 0) is 67.7 Å². The van der Waals surface area contributed by atoms with Crippen LogP contribution in [-0.2, 0) is 4.79 Å². The highest BCUT2D eigenvalue weighted by atomic mass is 35.5. The molecule has 0 radical (unpaired) electrons. The van der Waals surface area contributed by atoms with Gasteiger partial charge >= 0.3 is 6.18 Å². The third kappa shape index (κ3) is 7.85. The Hall–Kier alpha value is -2.29. The van der Waals surface area contributed by atoms with Gasteiger partial charge in [-0.3, -0.25) is 9.59 Å². The van der Waals surface area contributed by atoms with Gasteiger partial charge in [-0.1, -0.05) is 53.7 Å². The van der Waals surface area contributed by atoms with Gasteiger partial charge in [-0.15, -0.1) is 0 Å². The van der Waals surface area contributed by atoms with Crippen molar-refractivity contribution in [3.8, 4) is 0 Å². The second kappa shape index (κ2) is 12.0. The first-order valence-corrected chi connectivity index (χ1v) is 12.7. The first-order chi connectivity index (χ1) is 17.3. The summed E-state index contributed by atoms with van der Waals surface area (Å²) in [6, 6.07) is 4.93. The van der Waals surface area contributed by atoms with Crippen LogP contribution in [0.15, 0.2) is 36.4 Å². The van der Waals surface area contributed by atoms with Gasteiger partial charge in [-0.25, -0.2) is 4.39 Å². The Labute approximate surface area is 227 Å². The molecule has 1 fully saturated rings. The van der Waals surface area contributed by atoms with Crippen molar-refractivity contribution >= 4 is 52.4 Å². The highest BCUT2D eigenvalue weighted by Gasteiger charge is 2.40. The molecule has 2 atom stereocenters. The van der Waals surface area contributed by atoms with E-state index in [1.165, 1.54) is 38.0 Å². The molecule has 1 aliphatic rings. The molecule has 2 amide bonds. The summed E-state index contributed by atoms with van der Waals surface area (Å²) in [6.45, 7) is 3.60. The zero-order valence-corrected chi connectivity index (χ0v) is 22.3. The number of halogens is 7. The summed E-state index contributed by atoms with van der Waals surface area (Å²) in [6.07, 6.45) is -1.18. The molecule has 0 spiro atoms. The Morgan fingerprint density at radius 3 is 2.27 bits per heavy atom. The molecule has 0 bridgehead atoms. The lowest BCUT2D eigenvalue weighted by molar-refractivity contribution is -0.139. The summed E-state index contributed by atoms with van der Waals surface area (Å²) in [7, 11) is 0. The van der Waals surface area contributed by atoms with Gasteiger partial charge in [-0.2, -0.15) is 13.2 Å². The van der Waals surface area contributed by atoms with Gasteiger partial charge in [0, 0.05) is 17.7 Å². The Morgan fingerprint density at radius 1 is 1.11 bits per heavy atom. The summed E-state index contributed by atoms with van der Waals surface area (Å²) in [5, 5.41) is 4.87. The van der Waals surface area contributed by atoms with Crippen LogP contribution in [0, 0.1) is 12.8 Å². The molecular formula is C26H25Cl3F4N2O2. The second-order valence-corrected chi connectivity index (χ2v) is 10.3. The van der Waals surface area contributed by atoms with Gasteiger partial charge in [0.2, 0.25) is 5.91 Å². The molecule has 2 aromatic carbocycles. The average Bonchev–Trinajstić information content (AvgIpc) is 3.63. The Bertz CT molecular complexity index is 1190. The molecule has 0 aromatic heterocycles. The van der Waals surface area contributed by atoms with Crippen LogP contribution >= 0.6 is 34.8 Å². The van der Waals surface area contributed by atoms with Crippen molar-refractivity contribution in [2.24, 2.45) is 5.92 Å². The largest absolute Gasteiger partial charge is 0.399 e. The van der Waals surface area contributed by atoms with Gasteiger partial charge in [0.1, 0.15) is 17.8 Å². The molecule has 2 aromatic rings. The minimum Gasteiger partial charge on any atom is -0.354 e. The lowest BCUT2D eigenvalue weighted by Gasteiger charge is -2.19. The predicted octanol–water partition coefficient (Wildman–Crippen LogP) is 7.65. The third-order valence-corrected chi connectivity index (χ3v) is 7.26. The Kier molecular flexibility index (Phi) is 9.53. The van der Waals surface area contributed by atoms with E-state index in [1.54, 1.807) is 6.92 Å². The molecule has 11 heteroatoms. The number of hydrogen-bond acceptors (Lipinski definition) is 2. The van der Waals surface area contributed by atoms with Crippen LogP contribution in [0.3, 0.4) is 0 Å². The lowest BCUT2D eigenvalue weighted by atomic mass is 9.95. The molecule has 3 rings (SSSR count). The molecule has 1 saturated carbocycles. The van der Waals surface area contributed by atoms with E-state index in [0.29, 0.717) is 24.1 Å². The number of nitrogens with one attached hydrogen (secondary N) is 2. The number of benzene rings is 2. The van der Waals surface area contributed by atoms with Crippen LogP contribution in [0.25, 0.3) is 5.83 Å². The average molecular weight is 580 g/mol. The zero-order valence-electron chi connectivity index (χ0n) is 20.0. The number of hydrogen-bond donors (Lipinski definition) is 2. The number of carbonyl (C=O) groups excluding carboxylic acids is 2. The molecule has 2 N–H and O–H groups in total. The van der Waals surface area contributed by atoms with Crippen LogP contribution in [0.2, 0.25) is 15.1 Å². The first-order valence-electron chi connectivity index (χ1n) is 11.6. The van der Waals surface area contributed by atoms with E-state index in [4.69, 9.17) is 34.8 Å². The monoisotopic (exact) mass is 578 g/mol. The molecule has 2 unspecified atom stereocenters. The number of amides is 2. The fraction of sp³-hybridized carbons (Fsp3) is 0.385. The summed E-state index contributed by atoms with van der Waals surface area (Å²) in [5.74, 6) is -3.71. The molecule has 0 heterocycles. The van der Waals surface area contributed by atoms with E-state index < -0.39 is 29.9 Å². The zero-order chi connectivity index (χ0) is 27.5. The quantitative estimate of drug-likeness (QED) is 0.237. The van der Waals surface area contributed by atoms with Crippen molar-refractivity contribution in [3.05, 3.63) is 73.7 Å². The summed E-state index contributed by atoms with van der Waals surface area (Å²) in [4.78, 5) is 24.9. The van der Waals surface area contributed by atoms with Crippen molar-refractivity contribution in [1.82, 2.24) is 10.6 Å². The van der Waals surface area contributed by atoms with E-state index in [0.717, 1.165) is 18.6 Å². The van der Waals surface area contributed by atoms with E-state index in [9.17, 15) is 22.8 Å². The van der Waals surface area contributed by atoms with Crippen molar-refractivity contribution in [1.29, 1.82) is 0 Å². The molecule has 37 heavy (non-hydrogen) atoms. The number of allylic oxidation sites excluding steroid dienone is 1. The fourth-order valence-corrected chi connectivity index (χ4v) is 4.36. The molecule has 200 valence electrons. The van der Waals surface area contributed by atoms with Crippen molar-refractivity contribution in [3.63, 3.8) is 0 Å². The van der Waals surface area contributed by atoms with Crippen molar-refractivity contribution in [2.75, 3.05) is 6.54 Å². The molecule has 4 nitrogen and oxygen atoms in total. The minimum atomic E-state index is -4.85. The lowest BCUT2D eigenvalue weighted by Crippen LogP contribution is -2.45. The van der Waals surface area contributed by atoms with Crippen LogP contribution in [0.5, 0.6) is 0 Å². The minimum absolute atomic E-state index is 0.105. The van der Waals surface area contributed by atoms with Crippen molar-refractivity contribution < 1.29 is 27.2 Å². The Morgan fingerprint density at radius 2 is 1.73 bits per heavy atom. The Balaban J connectivity index is 1.75. The number of aryl methyl sites for hydroxylation is 1. The maximum Gasteiger partial charge on any atom is 0.399 e. The van der Waals surface area contributed by atoms with Crippen LogP contribution in [0.4, 0.5) is 17.6 Å². The summed E-state index contributed by atoms with van der Waals surface area (Å²) in [5.41, 5.74) is -0.0432. The standard InChI is InChI=1S/C26H25Cl3F4N2O2/c1-13-9-16(5-6-18(13)25(37)35-14(2)24(36)34-8-7-15-3-4-15)22(30)12-19(26(31,32)33)17-10-20(27)23(29)21(28)11-17/h5-6,9-12,14-15,19H,3-4,7-8H2,1-2H3,(H,34,36)(H,35,37)/b22-12-. The molecule has 0 saturated heterocycles. The SMILES string of the molecule is Cc1cc(/C(F)=C/C(c2cc(Cl)c(Cl)c(Cl)c2)C(F)(F)F)ccc1C(=O)NC(C)C(=O)NCCC1CC1. The smallest absolute Gasteiger partial charge is 0.354 e. The highest BCUT2D eigenvalue weighted by Crippen LogP contribution is 2.42. The predicted molar refractivity (Wildman–Crippen MR) is 138 cm³/mol. The maximum absolute atomic E-state index is 15.0. The number of rotatable bonds is 9. The van der Waals surface area contributed by atoms with Gasteiger partial charge < -0.3 is 10.6 Å². The van der Waals surface area contributed by atoms with Crippen LogP contribution in [0.1, 0.15) is 59.2 Å². The van der Waals surface area contributed by atoms with Gasteiger partial charge in [0.15, 0.2) is 0 Å². The number of alkyl halides is 3. The van der Waals surface area contributed by atoms with Gasteiger partial charge in [0.25, 0.3) is 5.91 Å². The second-order valence-electron chi connectivity index (χ2n) is 9.08. The fourth-order valence-electron chi connectivity index (χ4n) is 3.74. The van der Waals surface area contributed by atoms with Gasteiger partial charge in [0.05, 0.1) is 15.1 Å². The normalized spacial score (nSPS) is 15.8. The van der Waals surface area contributed by atoms with E-state index >= 15 is 4.39 Å². The van der Waals surface area contributed by atoms with Crippen molar-refractivity contribution in [2.45, 2.75) is 51.2 Å². The molecule has 1 aliphatic carbocycles. The van der Waals surface area contributed by atoms with E-state index in [-0.39, 0.29) is 37.7 Å². The molecule has 0 aliphatic heterocycles. The van der Waals surface area contributed by atoms with E-state index in [2.05, 4.69) is 10.6 Å². The molecular weight excluding hydrogens is 555 g/mol. The third-order valence-electron chi connectivity index (χ3n) is 6.07. The number of carbonyl (C=O) groups is 2. The summed E-state index contributed by atoms with van der Waals surface area (Å²) < 4.78 is 56.4. The topological polar surface area (TPSA) is 58.2 Å². The summed E-state index contributed by atoms with van der Waals surface area (Å²) >= 11 is 17.6. The maximum atomic E-state index is 15.0. The van der Waals surface area contributed by atoms with Crippen LogP contribution < -0.4 is 10.6 Å².